The third-order valence-electron chi connectivity index (χ3n) is 3.82. The first-order chi connectivity index (χ1) is 9.49. The summed E-state index contributed by atoms with van der Waals surface area (Å²) in [4.78, 5) is 14.8. The quantitative estimate of drug-likeness (QED) is 0.864. The predicted octanol–water partition coefficient (Wildman–Crippen LogP) is 1.88. The van der Waals surface area contributed by atoms with Crippen LogP contribution in [0.15, 0.2) is 0 Å². The molecule has 5 nitrogen and oxygen atoms in total. The highest BCUT2D eigenvalue weighted by Gasteiger charge is 2.26. The molecule has 20 heavy (non-hydrogen) atoms. The molecule has 2 heterocycles. The number of carbonyl (C=O) groups is 1. The first kappa shape index (κ1) is 15.0. The number of hydrogen-bond donors (Lipinski definition) is 2. The van der Waals surface area contributed by atoms with Crippen molar-refractivity contribution in [1.29, 1.82) is 0 Å². The number of aryl methyl sites for hydroxylation is 2. The van der Waals surface area contributed by atoms with E-state index < -0.39 is 0 Å². The van der Waals surface area contributed by atoms with Crippen molar-refractivity contribution in [3.63, 3.8) is 0 Å². The molecule has 1 aromatic rings. The van der Waals surface area contributed by atoms with Gasteiger partial charge in [-0.3, -0.25) is 9.89 Å². The lowest BCUT2D eigenvalue weighted by Crippen LogP contribution is -2.43. The van der Waals surface area contributed by atoms with Gasteiger partial charge in [0.15, 0.2) is 0 Å². The van der Waals surface area contributed by atoms with Gasteiger partial charge in [-0.2, -0.15) is 5.10 Å². The lowest BCUT2D eigenvalue weighted by Gasteiger charge is -2.27. The van der Waals surface area contributed by atoms with Crippen molar-refractivity contribution in [2.75, 3.05) is 19.6 Å². The smallest absolute Gasteiger partial charge is 0.257 e. The van der Waals surface area contributed by atoms with Crippen molar-refractivity contribution in [1.82, 2.24) is 20.4 Å². The fourth-order valence-corrected chi connectivity index (χ4v) is 2.88. The summed E-state index contributed by atoms with van der Waals surface area (Å²) in [5, 5.41) is 10.5. The highest BCUT2D eigenvalue weighted by molar-refractivity contribution is 5.96. The molecule has 0 radical (unpaired) electrons. The average molecular weight is 278 g/mol. The first-order valence-electron chi connectivity index (χ1n) is 7.53. The SMILES string of the molecule is Cc1n[nH]c(C)c1C(=O)N(CC(C)C)CC1CCCN1. The summed E-state index contributed by atoms with van der Waals surface area (Å²) in [5.41, 5.74) is 2.39. The van der Waals surface area contributed by atoms with Crippen LogP contribution in [0.1, 0.15) is 48.4 Å². The van der Waals surface area contributed by atoms with Gasteiger partial charge in [-0.05, 0) is 39.2 Å². The maximum Gasteiger partial charge on any atom is 0.257 e. The minimum Gasteiger partial charge on any atom is -0.337 e. The third kappa shape index (κ3) is 3.39. The summed E-state index contributed by atoms with van der Waals surface area (Å²) in [7, 11) is 0. The van der Waals surface area contributed by atoms with Crippen LogP contribution in [0.25, 0.3) is 0 Å². The lowest BCUT2D eigenvalue weighted by molar-refractivity contribution is 0.0720. The monoisotopic (exact) mass is 278 g/mol. The number of aromatic amines is 1. The van der Waals surface area contributed by atoms with Crippen LogP contribution in [0.4, 0.5) is 0 Å². The molecular formula is C15H26N4O. The van der Waals surface area contributed by atoms with Gasteiger partial charge in [-0.1, -0.05) is 13.8 Å². The fraction of sp³-hybridized carbons (Fsp3) is 0.733. The van der Waals surface area contributed by atoms with Crippen LogP contribution >= 0.6 is 0 Å². The molecule has 5 heteroatoms. The summed E-state index contributed by atoms with van der Waals surface area (Å²) < 4.78 is 0. The van der Waals surface area contributed by atoms with Gasteiger partial charge in [0.05, 0.1) is 11.3 Å². The molecule has 0 spiro atoms. The Kier molecular flexibility index (Phi) is 4.81. The Morgan fingerprint density at radius 3 is 2.70 bits per heavy atom. The molecule has 1 amide bonds. The van der Waals surface area contributed by atoms with E-state index in [9.17, 15) is 4.79 Å². The van der Waals surface area contributed by atoms with E-state index in [-0.39, 0.29) is 5.91 Å². The van der Waals surface area contributed by atoms with E-state index in [1.165, 1.54) is 6.42 Å². The highest BCUT2D eigenvalue weighted by atomic mass is 16.2. The average Bonchev–Trinajstić information content (AvgIpc) is 2.98. The largest absolute Gasteiger partial charge is 0.337 e. The number of aromatic nitrogens is 2. The van der Waals surface area contributed by atoms with Gasteiger partial charge in [0.1, 0.15) is 0 Å². The summed E-state index contributed by atoms with van der Waals surface area (Å²) in [5.74, 6) is 0.573. The Morgan fingerprint density at radius 1 is 1.45 bits per heavy atom. The number of amides is 1. The maximum absolute atomic E-state index is 12.8. The molecule has 2 N–H and O–H groups in total. The molecule has 112 valence electrons. The van der Waals surface area contributed by atoms with Gasteiger partial charge in [0, 0.05) is 24.8 Å². The van der Waals surface area contributed by atoms with Gasteiger partial charge in [-0.15, -0.1) is 0 Å². The van der Waals surface area contributed by atoms with Crippen molar-refractivity contribution in [2.24, 2.45) is 5.92 Å². The van der Waals surface area contributed by atoms with Crippen LogP contribution < -0.4 is 5.32 Å². The van der Waals surface area contributed by atoms with Crippen LogP contribution in [-0.2, 0) is 0 Å². The van der Waals surface area contributed by atoms with E-state index in [4.69, 9.17) is 0 Å². The summed E-state index contributed by atoms with van der Waals surface area (Å²) in [6, 6.07) is 0.435. The topological polar surface area (TPSA) is 61.0 Å². The maximum atomic E-state index is 12.8. The van der Waals surface area contributed by atoms with E-state index in [2.05, 4.69) is 29.4 Å². The van der Waals surface area contributed by atoms with E-state index >= 15 is 0 Å². The zero-order valence-electron chi connectivity index (χ0n) is 13.0. The lowest BCUT2D eigenvalue weighted by atomic mass is 10.1. The van der Waals surface area contributed by atoms with Crippen LogP contribution in [0.3, 0.4) is 0 Å². The Bertz CT molecular complexity index is 441. The van der Waals surface area contributed by atoms with Gasteiger partial charge >= 0.3 is 0 Å². The molecule has 1 fully saturated rings. The van der Waals surface area contributed by atoms with Crippen molar-refractivity contribution in [2.45, 2.75) is 46.6 Å². The van der Waals surface area contributed by atoms with Crippen LogP contribution in [-0.4, -0.2) is 46.7 Å². The number of carbonyl (C=O) groups excluding carboxylic acids is 1. The zero-order chi connectivity index (χ0) is 14.7. The molecule has 2 rings (SSSR count). The predicted molar refractivity (Wildman–Crippen MR) is 79.8 cm³/mol. The summed E-state index contributed by atoms with van der Waals surface area (Å²) >= 11 is 0. The molecule has 1 unspecified atom stereocenters. The van der Waals surface area contributed by atoms with E-state index in [1.54, 1.807) is 0 Å². The van der Waals surface area contributed by atoms with Crippen LogP contribution in [0, 0.1) is 19.8 Å². The Hall–Kier alpha value is -1.36. The molecule has 1 aliphatic rings. The van der Waals surface area contributed by atoms with Crippen molar-refractivity contribution < 1.29 is 4.79 Å². The minimum absolute atomic E-state index is 0.108. The van der Waals surface area contributed by atoms with Gasteiger partial charge < -0.3 is 10.2 Å². The van der Waals surface area contributed by atoms with E-state index in [0.717, 1.165) is 43.0 Å². The van der Waals surface area contributed by atoms with E-state index in [0.29, 0.717) is 12.0 Å². The van der Waals surface area contributed by atoms with Crippen molar-refractivity contribution in [3.8, 4) is 0 Å². The minimum atomic E-state index is 0.108. The Labute approximate surface area is 121 Å². The molecule has 1 atom stereocenters. The standard InChI is InChI=1S/C15H26N4O/c1-10(2)8-19(9-13-6-5-7-16-13)15(20)14-11(3)17-18-12(14)4/h10,13,16H,5-9H2,1-4H3,(H,17,18). The second-order valence-corrected chi connectivity index (χ2v) is 6.21. The molecule has 0 aliphatic carbocycles. The normalized spacial score (nSPS) is 18.8. The second-order valence-electron chi connectivity index (χ2n) is 6.21. The highest BCUT2D eigenvalue weighted by Crippen LogP contribution is 2.16. The molecule has 1 saturated heterocycles. The van der Waals surface area contributed by atoms with E-state index in [1.807, 2.05) is 18.7 Å². The van der Waals surface area contributed by atoms with Gasteiger partial charge in [-0.25, -0.2) is 0 Å². The number of rotatable bonds is 5. The van der Waals surface area contributed by atoms with Crippen molar-refractivity contribution >= 4 is 5.91 Å². The Morgan fingerprint density at radius 2 is 2.20 bits per heavy atom. The third-order valence-corrected chi connectivity index (χ3v) is 3.82. The number of hydrogen-bond acceptors (Lipinski definition) is 3. The molecule has 0 bridgehead atoms. The molecule has 1 aromatic heterocycles. The molecule has 1 aliphatic heterocycles. The van der Waals surface area contributed by atoms with Crippen LogP contribution in [0.2, 0.25) is 0 Å². The van der Waals surface area contributed by atoms with Gasteiger partial charge in [0.25, 0.3) is 5.91 Å². The Balaban J connectivity index is 2.14. The summed E-state index contributed by atoms with van der Waals surface area (Å²) in [6.45, 7) is 10.8. The number of nitrogens with one attached hydrogen (secondary N) is 2. The second kappa shape index (κ2) is 6.39. The van der Waals surface area contributed by atoms with Gasteiger partial charge in [0.2, 0.25) is 0 Å². The first-order valence-corrected chi connectivity index (χ1v) is 7.53. The van der Waals surface area contributed by atoms with Crippen molar-refractivity contribution in [3.05, 3.63) is 17.0 Å². The molecule has 0 saturated carbocycles. The number of H-pyrrole nitrogens is 1. The zero-order valence-corrected chi connectivity index (χ0v) is 13.0. The molecule has 0 aromatic carbocycles. The number of nitrogens with zero attached hydrogens (tertiary/aromatic N) is 2. The molecular weight excluding hydrogens is 252 g/mol. The van der Waals surface area contributed by atoms with Crippen LogP contribution in [0.5, 0.6) is 0 Å². The summed E-state index contributed by atoms with van der Waals surface area (Å²) in [6.07, 6.45) is 2.36. The fourth-order valence-electron chi connectivity index (χ4n) is 2.88.